The molecule has 0 unspecified atom stereocenters. The molecule has 1 amide bonds. The summed E-state index contributed by atoms with van der Waals surface area (Å²) in [5, 5.41) is 21.0. The van der Waals surface area contributed by atoms with E-state index in [1.165, 1.54) is 28.9 Å². The van der Waals surface area contributed by atoms with Crippen LogP contribution in [0.25, 0.3) is 5.65 Å². The van der Waals surface area contributed by atoms with Crippen LogP contribution in [0.1, 0.15) is 10.4 Å². The standard InChI is InChI=1S/C17H15ClFIN4O4/c18-14-15(22-13-2-1-9(20)5-12(13)19)11(6-24-4-3-21-16(14)24)17(27)23-28-8-10(26)7-25/h1-6,10,22,25-26H,7-8H2,(H,23,27)/t10-/m0/s1. The fourth-order valence-corrected chi connectivity index (χ4v) is 3.10. The summed E-state index contributed by atoms with van der Waals surface area (Å²) >= 11 is 8.39. The van der Waals surface area contributed by atoms with Crippen molar-refractivity contribution in [2.45, 2.75) is 6.10 Å². The van der Waals surface area contributed by atoms with Gasteiger partial charge in [0.25, 0.3) is 5.91 Å². The Kier molecular flexibility index (Phi) is 6.67. The summed E-state index contributed by atoms with van der Waals surface area (Å²) < 4.78 is 16.5. The van der Waals surface area contributed by atoms with Crippen LogP contribution in [0.3, 0.4) is 0 Å². The van der Waals surface area contributed by atoms with Gasteiger partial charge in [0.05, 0.1) is 23.5 Å². The van der Waals surface area contributed by atoms with E-state index in [-0.39, 0.29) is 28.6 Å². The second kappa shape index (κ2) is 9.01. The molecule has 0 aliphatic carbocycles. The Labute approximate surface area is 177 Å². The van der Waals surface area contributed by atoms with Gasteiger partial charge in [-0.25, -0.2) is 14.9 Å². The van der Waals surface area contributed by atoms with Gasteiger partial charge < -0.3 is 19.9 Å². The zero-order chi connectivity index (χ0) is 20.3. The van der Waals surface area contributed by atoms with Crippen LogP contribution in [0, 0.1) is 9.39 Å². The lowest BCUT2D eigenvalue weighted by molar-refractivity contribution is -0.0295. The highest BCUT2D eigenvalue weighted by Gasteiger charge is 2.20. The number of aliphatic hydroxyl groups excluding tert-OH is 2. The fourth-order valence-electron chi connectivity index (χ4n) is 2.35. The summed E-state index contributed by atoms with van der Waals surface area (Å²) in [6.07, 6.45) is 3.43. The number of pyridine rings is 1. The van der Waals surface area contributed by atoms with Crippen LogP contribution in [-0.4, -0.2) is 44.8 Å². The van der Waals surface area contributed by atoms with E-state index in [1.54, 1.807) is 12.3 Å². The molecule has 0 bridgehead atoms. The third-order valence-corrected chi connectivity index (χ3v) is 4.74. The molecule has 8 nitrogen and oxygen atoms in total. The fraction of sp³-hybridized carbons (Fsp3) is 0.176. The van der Waals surface area contributed by atoms with E-state index in [4.69, 9.17) is 21.5 Å². The van der Waals surface area contributed by atoms with Gasteiger partial charge in [0.2, 0.25) is 0 Å². The van der Waals surface area contributed by atoms with Crippen LogP contribution < -0.4 is 10.8 Å². The molecule has 1 atom stereocenters. The molecule has 3 aromatic rings. The van der Waals surface area contributed by atoms with E-state index >= 15 is 0 Å². The topological polar surface area (TPSA) is 108 Å². The number of hydroxylamine groups is 1. The number of hydrogen-bond acceptors (Lipinski definition) is 6. The summed E-state index contributed by atoms with van der Waals surface area (Å²) in [6, 6.07) is 4.57. The number of halogens is 3. The van der Waals surface area contributed by atoms with Crippen molar-refractivity contribution in [1.29, 1.82) is 0 Å². The predicted octanol–water partition coefficient (Wildman–Crippen LogP) is 2.49. The number of carbonyl (C=O) groups is 1. The van der Waals surface area contributed by atoms with Gasteiger partial charge >= 0.3 is 0 Å². The molecular weight excluding hydrogens is 506 g/mol. The maximum Gasteiger partial charge on any atom is 0.278 e. The Morgan fingerprint density at radius 3 is 2.96 bits per heavy atom. The van der Waals surface area contributed by atoms with Crippen LogP contribution in [0.5, 0.6) is 0 Å². The van der Waals surface area contributed by atoms with Crippen molar-refractivity contribution in [2.75, 3.05) is 18.5 Å². The van der Waals surface area contributed by atoms with E-state index in [1.807, 2.05) is 22.6 Å². The Balaban J connectivity index is 1.96. The van der Waals surface area contributed by atoms with Crippen molar-refractivity contribution in [2.24, 2.45) is 0 Å². The predicted molar refractivity (Wildman–Crippen MR) is 109 cm³/mol. The summed E-state index contributed by atoms with van der Waals surface area (Å²) in [5.74, 6) is -1.20. The second-order valence-corrected chi connectivity index (χ2v) is 7.34. The number of fused-ring (bicyclic) bond motifs is 1. The molecule has 0 aliphatic heterocycles. The largest absolute Gasteiger partial charge is 0.394 e. The Morgan fingerprint density at radius 1 is 1.46 bits per heavy atom. The van der Waals surface area contributed by atoms with Crippen molar-refractivity contribution in [3.63, 3.8) is 0 Å². The van der Waals surface area contributed by atoms with Gasteiger partial charge in [-0.05, 0) is 40.8 Å². The van der Waals surface area contributed by atoms with Crippen molar-refractivity contribution in [1.82, 2.24) is 14.9 Å². The molecular formula is C17H15ClFIN4O4. The first-order valence-electron chi connectivity index (χ1n) is 7.99. The second-order valence-electron chi connectivity index (χ2n) is 5.72. The third kappa shape index (κ3) is 4.52. The third-order valence-electron chi connectivity index (χ3n) is 3.71. The molecule has 0 radical (unpaired) electrons. The van der Waals surface area contributed by atoms with Crippen LogP contribution in [0.15, 0.2) is 36.8 Å². The highest BCUT2D eigenvalue weighted by Crippen LogP contribution is 2.33. The minimum Gasteiger partial charge on any atom is -0.394 e. The average Bonchev–Trinajstić information content (AvgIpc) is 3.14. The maximum atomic E-state index is 14.3. The number of nitrogens with one attached hydrogen (secondary N) is 2. The molecule has 2 heterocycles. The average molecular weight is 521 g/mol. The minimum atomic E-state index is -1.14. The van der Waals surface area contributed by atoms with Crippen molar-refractivity contribution < 1.29 is 24.2 Å². The van der Waals surface area contributed by atoms with E-state index < -0.39 is 24.4 Å². The molecule has 1 aromatic carbocycles. The van der Waals surface area contributed by atoms with E-state index in [0.29, 0.717) is 9.22 Å². The zero-order valence-corrected chi connectivity index (χ0v) is 17.1. The molecule has 0 aliphatic rings. The van der Waals surface area contributed by atoms with Gasteiger partial charge in [-0.2, -0.15) is 0 Å². The van der Waals surface area contributed by atoms with Gasteiger partial charge in [-0.15, -0.1) is 0 Å². The number of aromatic nitrogens is 2. The molecule has 3 rings (SSSR count). The number of nitrogens with zero attached hydrogens (tertiary/aromatic N) is 2. The lowest BCUT2D eigenvalue weighted by Crippen LogP contribution is -2.30. The van der Waals surface area contributed by atoms with Crippen molar-refractivity contribution in [3.05, 3.63) is 56.8 Å². The van der Waals surface area contributed by atoms with Gasteiger partial charge in [0.15, 0.2) is 5.65 Å². The number of hydrogen-bond donors (Lipinski definition) is 4. The highest BCUT2D eigenvalue weighted by molar-refractivity contribution is 14.1. The van der Waals surface area contributed by atoms with Crippen LogP contribution >= 0.6 is 34.2 Å². The lowest BCUT2D eigenvalue weighted by atomic mass is 10.2. The molecule has 11 heteroatoms. The lowest BCUT2D eigenvalue weighted by Gasteiger charge is -2.16. The Hall–Kier alpha value is -1.99. The minimum absolute atomic E-state index is 0.0620. The van der Waals surface area contributed by atoms with Gasteiger partial charge in [0.1, 0.15) is 23.6 Å². The van der Waals surface area contributed by atoms with Gasteiger partial charge in [0, 0.05) is 22.2 Å². The SMILES string of the molecule is O=C(NOC[C@@H](O)CO)c1cn2ccnc2c(Cl)c1Nc1ccc(I)cc1F. The molecule has 4 N–H and O–H groups in total. The number of imidazole rings is 1. The molecule has 148 valence electrons. The molecule has 0 saturated carbocycles. The summed E-state index contributed by atoms with van der Waals surface area (Å²) in [5.41, 5.74) is 2.87. The summed E-state index contributed by atoms with van der Waals surface area (Å²) in [4.78, 5) is 21.6. The van der Waals surface area contributed by atoms with Gasteiger partial charge in [-0.1, -0.05) is 11.6 Å². The number of aliphatic hydroxyl groups is 2. The highest BCUT2D eigenvalue weighted by atomic mass is 127. The smallest absolute Gasteiger partial charge is 0.278 e. The molecule has 0 fully saturated rings. The Morgan fingerprint density at radius 2 is 2.25 bits per heavy atom. The Bertz CT molecular complexity index is 1020. The van der Waals surface area contributed by atoms with Crippen molar-refractivity contribution >= 4 is 57.1 Å². The molecule has 0 spiro atoms. The maximum absolute atomic E-state index is 14.3. The van der Waals surface area contributed by atoms with Gasteiger partial charge in [-0.3, -0.25) is 9.63 Å². The zero-order valence-electron chi connectivity index (χ0n) is 14.2. The first-order valence-corrected chi connectivity index (χ1v) is 9.44. The number of rotatable bonds is 7. The van der Waals surface area contributed by atoms with E-state index in [2.05, 4.69) is 15.8 Å². The molecule has 2 aromatic heterocycles. The van der Waals surface area contributed by atoms with Crippen LogP contribution in [0.2, 0.25) is 5.02 Å². The monoisotopic (exact) mass is 520 g/mol. The number of carbonyl (C=O) groups excluding carboxylic acids is 1. The molecule has 28 heavy (non-hydrogen) atoms. The quantitative estimate of drug-likeness (QED) is 0.282. The summed E-state index contributed by atoms with van der Waals surface area (Å²) in [6.45, 7) is -0.820. The van der Waals surface area contributed by atoms with Crippen LogP contribution in [-0.2, 0) is 4.84 Å². The molecule has 0 saturated heterocycles. The van der Waals surface area contributed by atoms with Crippen molar-refractivity contribution in [3.8, 4) is 0 Å². The normalized spacial score (nSPS) is 12.2. The van der Waals surface area contributed by atoms with E-state index in [9.17, 15) is 14.3 Å². The number of benzene rings is 1. The first-order chi connectivity index (χ1) is 13.4. The number of anilines is 2. The number of amides is 1. The summed E-state index contributed by atoms with van der Waals surface area (Å²) in [7, 11) is 0. The van der Waals surface area contributed by atoms with E-state index in [0.717, 1.165) is 0 Å². The first kappa shape index (κ1) is 20.7. The van der Waals surface area contributed by atoms with Crippen LogP contribution in [0.4, 0.5) is 15.8 Å².